The van der Waals surface area contributed by atoms with Crippen LogP contribution >= 0.6 is 23.1 Å². The molecule has 1 unspecified atom stereocenters. The smallest absolute Gasteiger partial charge is 0.265 e. The van der Waals surface area contributed by atoms with Crippen molar-refractivity contribution in [1.82, 2.24) is 4.90 Å². The maximum Gasteiger partial charge on any atom is 0.265 e. The molecule has 0 spiro atoms. The molecule has 1 amide bonds. The predicted molar refractivity (Wildman–Crippen MR) is 76.9 cm³/mol. The van der Waals surface area contributed by atoms with Crippen molar-refractivity contribution in [3.8, 4) is 0 Å². The third-order valence-corrected chi connectivity index (χ3v) is 5.21. The Morgan fingerprint density at radius 1 is 1.30 bits per heavy atom. The van der Waals surface area contributed by atoms with Crippen LogP contribution in [-0.2, 0) is 0 Å². The Kier molecular flexibility index (Phi) is 3.76. The van der Waals surface area contributed by atoms with Gasteiger partial charge in [0, 0.05) is 23.9 Å². The van der Waals surface area contributed by atoms with Crippen molar-refractivity contribution in [1.29, 1.82) is 0 Å². The van der Waals surface area contributed by atoms with Crippen molar-refractivity contribution in [3.63, 3.8) is 0 Å². The summed E-state index contributed by atoms with van der Waals surface area (Å²) in [5.74, 6) is -0.559. The minimum Gasteiger partial charge on any atom is -0.321 e. The Labute approximate surface area is 123 Å². The topological polar surface area (TPSA) is 20.3 Å². The van der Waals surface area contributed by atoms with Crippen molar-refractivity contribution >= 4 is 29.0 Å². The molecule has 0 aliphatic carbocycles. The molecule has 2 aromatic rings. The highest BCUT2D eigenvalue weighted by Gasteiger charge is 2.33. The van der Waals surface area contributed by atoms with Crippen LogP contribution in [-0.4, -0.2) is 23.1 Å². The number of thioether (sulfide) groups is 1. The van der Waals surface area contributed by atoms with Crippen LogP contribution in [0.15, 0.2) is 35.7 Å². The van der Waals surface area contributed by atoms with E-state index in [0.29, 0.717) is 17.0 Å². The van der Waals surface area contributed by atoms with Gasteiger partial charge < -0.3 is 4.90 Å². The molecule has 0 bridgehead atoms. The lowest BCUT2D eigenvalue weighted by Crippen LogP contribution is -2.30. The van der Waals surface area contributed by atoms with Gasteiger partial charge in [-0.15, -0.1) is 23.1 Å². The Hall–Kier alpha value is -1.40. The molecule has 104 valence electrons. The molecule has 2 nitrogen and oxygen atoms in total. The first-order chi connectivity index (χ1) is 9.66. The van der Waals surface area contributed by atoms with Gasteiger partial charge >= 0.3 is 0 Å². The van der Waals surface area contributed by atoms with Gasteiger partial charge in [0.2, 0.25) is 0 Å². The third-order valence-electron chi connectivity index (χ3n) is 3.11. The number of halogens is 2. The van der Waals surface area contributed by atoms with Crippen LogP contribution in [0.1, 0.15) is 20.6 Å². The highest BCUT2D eigenvalue weighted by Crippen LogP contribution is 2.40. The zero-order valence-electron chi connectivity index (χ0n) is 10.4. The molecule has 6 heteroatoms. The van der Waals surface area contributed by atoms with Crippen LogP contribution in [0.4, 0.5) is 8.78 Å². The highest BCUT2D eigenvalue weighted by atomic mass is 32.2. The molecular weight excluding hydrogens is 300 g/mol. The van der Waals surface area contributed by atoms with E-state index in [1.54, 1.807) is 11.0 Å². The van der Waals surface area contributed by atoms with Crippen molar-refractivity contribution in [2.75, 3.05) is 12.3 Å². The van der Waals surface area contributed by atoms with Crippen molar-refractivity contribution in [2.45, 2.75) is 5.37 Å². The van der Waals surface area contributed by atoms with Gasteiger partial charge in [0.05, 0.1) is 4.88 Å². The van der Waals surface area contributed by atoms with Crippen LogP contribution in [0, 0.1) is 11.6 Å². The molecule has 0 N–H and O–H groups in total. The fourth-order valence-electron chi connectivity index (χ4n) is 2.18. The van der Waals surface area contributed by atoms with Crippen LogP contribution < -0.4 is 0 Å². The van der Waals surface area contributed by atoms with Gasteiger partial charge in [0.15, 0.2) is 0 Å². The van der Waals surface area contributed by atoms with Crippen LogP contribution in [0.25, 0.3) is 0 Å². The number of carbonyl (C=O) groups excluding carboxylic acids is 1. The number of thiophene rings is 1. The standard InChI is InChI=1S/C14H11F2NOS2/c15-9-3-4-10(11(16)8-9)14-17(5-7-20-14)13(18)12-2-1-6-19-12/h1-4,6,8,14H,5,7H2. The van der Waals surface area contributed by atoms with Crippen molar-refractivity contribution in [3.05, 3.63) is 57.8 Å². The summed E-state index contributed by atoms with van der Waals surface area (Å²) in [6.07, 6.45) is 0. The first-order valence-corrected chi connectivity index (χ1v) is 8.00. The minimum atomic E-state index is -0.606. The Bertz CT molecular complexity index is 630. The zero-order valence-corrected chi connectivity index (χ0v) is 12.0. The number of hydrogen-bond donors (Lipinski definition) is 0. The summed E-state index contributed by atoms with van der Waals surface area (Å²) in [5.41, 5.74) is 0.360. The van der Waals surface area contributed by atoms with Gasteiger partial charge in [0.1, 0.15) is 17.0 Å². The van der Waals surface area contributed by atoms with E-state index in [-0.39, 0.29) is 11.3 Å². The van der Waals surface area contributed by atoms with E-state index in [1.807, 2.05) is 11.4 Å². The van der Waals surface area contributed by atoms with E-state index in [4.69, 9.17) is 0 Å². The summed E-state index contributed by atoms with van der Waals surface area (Å²) in [6, 6.07) is 7.08. The van der Waals surface area contributed by atoms with E-state index in [2.05, 4.69) is 0 Å². The predicted octanol–water partition coefficient (Wildman–Crippen LogP) is 3.91. The molecule has 1 aromatic carbocycles. The number of carbonyl (C=O) groups is 1. The van der Waals surface area contributed by atoms with Gasteiger partial charge in [-0.3, -0.25) is 4.79 Å². The number of amides is 1. The number of hydrogen-bond acceptors (Lipinski definition) is 3. The molecule has 2 heterocycles. The second-order valence-electron chi connectivity index (χ2n) is 4.36. The summed E-state index contributed by atoms with van der Waals surface area (Å²) < 4.78 is 26.9. The minimum absolute atomic E-state index is 0.0984. The molecule has 20 heavy (non-hydrogen) atoms. The van der Waals surface area contributed by atoms with Gasteiger partial charge in [-0.25, -0.2) is 8.78 Å². The number of benzene rings is 1. The second-order valence-corrected chi connectivity index (χ2v) is 6.50. The van der Waals surface area contributed by atoms with Crippen molar-refractivity contribution in [2.24, 2.45) is 0 Å². The Balaban J connectivity index is 1.91. The highest BCUT2D eigenvalue weighted by molar-refractivity contribution is 7.99. The molecule has 1 saturated heterocycles. The van der Waals surface area contributed by atoms with Gasteiger partial charge in [0.25, 0.3) is 5.91 Å². The van der Waals surface area contributed by atoms with Crippen molar-refractivity contribution < 1.29 is 13.6 Å². The lowest BCUT2D eigenvalue weighted by atomic mass is 10.2. The summed E-state index contributed by atoms with van der Waals surface area (Å²) >= 11 is 2.86. The maximum absolute atomic E-state index is 13.9. The van der Waals surface area contributed by atoms with Gasteiger partial charge in [-0.2, -0.15) is 0 Å². The fourth-order valence-corrected chi connectivity index (χ4v) is 4.14. The molecular formula is C14H11F2NOS2. The molecule has 1 aliphatic rings. The van der Waals surface area contributed by atoms with E-state index in [9.17, 15) is 13.6 Å². The largest absolute Gasteiger partial charge is 0.321 e. The SMILES string of the molecule is O=C(c1cccs1)N1CCSC1c1ccc(F)cc1F. The van der Waals surface area contributed by atoms with Gasteiger partial charge in [-0.05, 0) is 17.5 Å². The normalized spacial score (nSPS) is 18.5. The number of rotatable bonds is 2. The second kappa shape index (κ2) is 5.54. The van der Waals surface area contributed by atoms with E-state index in [0.717, 1.165) is 11.8 Å². The van der Waals surface area contributed by atoms with E-state index >= 15 is 0 Å². The lowest BCUT2D eigenvalue weighted by Gasteiger charge is -2.24. The third kappa shape index (κ3) is 2.45. The molecule has 3 rings (SSSR count). The van der Waals surface area contributed by atoms with Gasteiger partial charge in [-0.1, -0.05) is 12.1 Å². The van der Waals surface area contributed by atoms with E-state index < -0.39 is 11.6 Å². The average molecular weight is 311 g/mol. The quantitative estimate of drug-likeness (QED) is 0.838. The Morgan fingerprint density at radius 3 is 2.85 bits per heavy atom. The summed E-state index contributed by atoms with van der Waals surface area (Å²) in [4.78, 5) is 14.7. The summed E-state index contributed by atoms with van der Waals surface area (Å²) in [6.45, 7) is 0.572. The molecule has 1 aliphatic heterocycles. The average Bonchev–Trinajstić information content (AvgIpc) is 3.09. The number of nitrogens with zero attached hydrogens (tertiary/aromatic N) is 1. The molecule has 0 radical (unpaired) electrons. The summed E-state index contributed by atoms with van der Waals surface area (Å²) in [7, 11) is 0. The first kappa shape index (κ1) is 13.6. The first-order valence-electron chi connectivity index (χ1n) is 6.08. The molecule has 1 atom stereocenters. The zero-order chi connectivity index (χ0) is 14.1. The van der Waals surface area contributed by atoms with Crippen LogP contribution in [0.3, 0.4) is 0 Å². The van der Waals surface area contributed by atoms with E-state index in [1.165, 1.54) is 35.2 Å². The monoisotopic (exact) mass is 311 g/mol. The maximum atomic E-state index is 13.9. The molecule has 1 fully saturated rings. The Morgan fingerprint density at radius 2 is 2.15 bits per heavy atom. The summed E-state index contributed by atoms with van der Waals surface area (Å²) in [5, 5.41) is 1.45. The molecule has 1 aromatic heterocycles. The lowest BCUT2D eigenvalue weighted by molar-refractivity contribution is 0.0764. The van der Waals surface area contributed by atoms with Crippen LogP contribution in [0.2, 0.25) is 0 Å². The molecule has 0 saturated carbocycles. The van der Waals surface area contributed by atoms with Crippen LogP contribution in [0.5, 0.6) is 0 Å². The fraction of sp³-hybridized carbons (Fsp3) is 0.214.